The zero-order valence-electron chi connectivity index (χ0n) is 17.2. The largest absolute Gasteiger partial charge is 0.301 e. The van der Waals surface area contributed by atoms with Gasteiger partial charge in [0.25, 0.3) is 0 Å². The van der Waals surface area contributed by atoms with Crippen LogP contribution in [0.5, 0.6) is 0 Å². The molecule has 0 fully saturated rings. The zero-order chi connectivity index (χ0) is 22.5. The number of carbonyl (C=O) groups is 1. The summed E-state index contributed by atoms with van der Waals surface area (Å²) >= 11 is 7.91. The molecule has 6 nitrogen and oxygen atoms in total. The molecule has 4 rings (SSSR count). The Hall–Kier alpha value is -2.27. The normalized spacial score (nSPS) is 10.9. The van der Waals surface area contributed by atoms with E-state index in [0.717, 1.165) is 33.5 Å². The van der Waals surface area contributed by atoms with Gasteiger partial charge in [-0.1, -0.05) is 52.8 Å². The van der Waals surface area contributed by atoms with Gasteiger partial charge in [0.2, 0.25) is 5.91 Å². The number of nitrogens with zero attached hydrogens (tertiary/aromatic N) is 4. The lowest BCUT2D eigenvalue weighted by molar-refractivity contribution is -0.113. The van der Waals surface area contributed by atoms with E-state index in [1.165, 1.54) is 28.0 Å². The first-order valence-electron chi connectivity index (χ1n) is 9.83. The van der Waals surface area contributed by atoms with Crippen LogP contribution in [0.25, 0.3) is 22.6 Å². The van der Waals surface area contributed by atoms with Crippen LogP contribution in [0.15, 0.2) is 63.4 Å². The summed E-state index contributed by atoms with van der Waals surface area (Å²) < 4.78 is 3.00. The van der Waals surface area contributed by atoms with Gasteiger partial charge in [-0.05, 0) is 24.6 Å². The molecule has 0 atom stereocenters. The fraction of sp³-hybridized carbons (Fsp3) is 0.182. The first kappa shape index (κ1) is 22.9. The molecular weight excluding hydrogens is 526 g/mol. The Balaban J connectivity index is 1.41. The molecule has 3 aromatic heterocycles. The van der Waals surface area contributed by atoms with E-state index in [1.54, 1.807) is 11.3 Å². The van der Waals surface area contributed by atoms with Gasteiger partial charge in [-0.2, -0.15) is 0 Å². The number of allylic oxidation sites excluding steroid dienone is 1. The molecule has 0 saturated carbocycles. The fourth-order valence-corrected chi connectivity index (χ4v) is 5.52. The molecule has 1 amide bonds. The average molecular weight is 547 g/mol. The molecule has 3 heterocycles. The monoisotopic (exact) mass is 545 g/mol. The van der Waals surface area contributed by atoms with Crippen LogP contribution in [0.1, 0.15) is 11.8 Å². The van der Waals surface area contributed by atoms with E-state index >= 15 is 0 Å². The molecule has 164 valence electrons. The van der Waals surface area contributed by atoms with Gasteiger partial charge in [0.1, 0.15) is 0 Å². The van der Waals surface area contributed by atoms with Crippen molar-refractivity contribution in [3.63, 3.8) is 0 Å². The van der Waals surface area contributed by atoms with Crippen LogP contribution in [0.4, 0.5) is 5.13 Å². The maximum Gasteiger partial charge on any atom is 0.236 e. The van der Waals surface area contributed by atoms with Crippen LogP contribution in [-0.4, -0.2) is 31.4 Å². The van der Waals surface area contributed by atoms with E-state index in [9.17, 15) is 4.79 Å². The van der Waals surface area contributed by atoms with Crippen LogP contribution in [0.3, 0.4) is 0 Å². The second-order valence-electron chi connectivity index (χ2n) is 6.74. The molecule has 0 aliphatic heterocycles. The van der Waals surface area contributed by atoms with Gasteiger partial charge < -0.3 is 5.32 Å². The third-order valence-electron chi connectivity index (χ3n) is 4.51. The number of carbonyl (C=O) groups excluding carboxylic acids is 1. The molecule has 0 unspecified atom stereocenters. The minimum absolute atomic E-state index is 0.134. The number of aryl methyl sites for hydroxylation is 1. The molecule has 32 heavy (non-hydrogen) atoms. The highest BCUT2D eigenvalue weighted by Crippen LogP contribution is 2.29. The number of amides is 1. The summed E-state index contributed by atoms with van der Waals surface area (Å²) in [5, 5.41) is 16.8. The van der Waals surface area contributed by atoms with Gasteiger partial charge in [0, 0.05) is 37.8 Å². The Morgan fingerprint density at radius 2 is 2.03 bits per heavy atom. The SMILES string of the molecule is C=CCn1c(SCC(=O)Nc2nc(-c3ccc(Br)cc3)cs2)nnc1-c1csc(CC)c1. The van der Waals surface area contributed by atoms with Gasteiger partial charge in [0.15, 0.2) is 16.1 Å². The number of anilines is 1. The number of nitrogens with one attached hydrogen (secondary N) is 1. The summed E-state index contributed by atoms with van der Waals surface area (Å²) in [6, 6.07) is 10.1. The Morgan fingerprint density at radius 3 is 2.75 bits per heavy atom. The molecule has 10 heteroatoms. The number of aromatic nitrogens is 4. The van der Waals surface area contributed by atoms with Crippen LogP contribution < -0.4 is 5.32 Å². The van der Waals surface area contributed by atoms with Gasteiger partial charge in [0.05, 0.1) is 11.4 Å². The summed E-state index contributed by atoms with van der Waals surface area (Å²) in [5.41, 5.74) is 2.88. The third kappa shape index (κ3) is 5.37. The van der Waals surface area contributed by atoms with E-state index in [1.807, 2.05) is 40.3 Å². The highest BCUT2D eigenvalue weighted by molar-refractivity contribution is 9.10. The van der Waals surface area contributed by atoms with Gasteiger partial charge in [-0.15, -0.1) is 39.4 Å². The zero-order valence-corrected chi connectivity index (χ0v) is 21.3. The number of hydrogen-bond donors (Lipinski definition) is 1. The lowest BCUT2D eigenvalue weighted by atomic mass is 10.2. The van der Waals surface area contributed by atoms with Gasteiger partial charge in [-0.3, -0.25) is 9.36 Å². The van der Waals surface area contributed by atoms with Crippen molar-refractivity contribution in [2.75, 3.05) is 11.1 Å². The van der Waals surface area contributed by atoms with Crippen LogP contribution in [0.2, 0.25) is 0 Å². The maximum atomic E-state index is 12.5. The molecule has 4 aromatic rings. The van der Waals surface area contributed by atoms with Gasteiger partial charge in [-0.25, -0.2) is 4.98 Å². The number of hydrogen-bond acceptors (Lipinski definition) is 7. The first-order valence-corrected chi connectivity index (χ1v) is 13.4. The summed E-state index contributed by atoms with van der Waals surface area (Å²) in [7, 11) is 0. The lowest BCUT2D eigenvalue weighted by Gasteiger charge is -2.06. The number of thiazole rings is 1. The van der Waals surface area contributed by atoms with Crippen LogP contribution in [-0.2, 0) is 17.8 Å². The number of thiophene rings is 1. The van der Waals surface area contributed by atoms with E-state index in [-0.39, 0.29) is 11.7 Å². The van der Waals surface area contributed by atoms with E-state index < -0.39 is 0 Å². The Bertz CT molecular complexity index is 1230. The Kier molecular flexibility index (Phi) is 7.56. The predicted molar refractivity (Wildman–Crippen MR) is 138 cm³/mol. The van der Waals surface area contributed by atoms with Crippen LogP contribution >= 0.6 is 50.4 Å². The summed E-state index contributed by atoms with van der Waals surface area (Å²) in [6.45, 7) is 6.55. The second kappa shape index (κ2) is 10.6. The Morgan fingerprint density at radius 1 is 1.22 bits per heavy atom. The molecule has 0 aliphatic rings. The molecule has 0 bridgehead atoms. The summed E-state index contributed by atoms with van der Waals surface area (Å²) in [4.78, 5) is 18.3. The molecule has 0 aliphatic carbocycles. The van der Waals surface area contributed by atoms with Crippen molar-refractivity contribution < 1.29 is 4.79 Å². The maximum absolute atomic E-state index is 12.5. The van der Waals surface area contributed by atoms with Crippen molar-refractivity contribution >= 4 is 61.4 Å². The van der Waals surface area contributed by atoms with E-state index in [2.05, 4.69) is 61.4 Å². The predicted octanol–water partition coefficient (Wildman–Crippen LogP) is 6.37. The minimum Gasteiger partial charge on any atom is -0.301 e. The van der Waals surface area contributed by atoms with Crippen LogP contribution in [0, 0.1) is 0 Å². The third-order valence-corrected chi connectivity index (χ3v) is 7.85. The number of benzene rings is 1. The molecule has 0 spiro atoms. The fourth-order valence-electron chi connectivity index (χ4n) is 2.96. The smallest absolute Gasteiger partial charge is 0.236 e. The first-order chi connectivity index (χ1) is 15.6. The second-order valence-corrected chi connectivity index (χ2v) is 10.5. The van der Waals surface area contributed by atoms with Gasteiger partial charge >= 0.3 is 0 Å². The number of thioether (sulfide) groups is 1. The molecule has 1 N–H and O–H groups in total. The van der Waals surface area contributed by atoms with Crippen molar-refractivity contribution in [3.8, 4) is 22.6 Å². The Labute approximate surface area is 206 Å². The standard InChI is InChI=1S/C22H20BrN5OS3/c1-3-9-28-20(15-10-17(4-2)30-11-15)26-27-22(28)32-13-19(29)25-21-24-18(12-31-21)14-5-7-16(23)8-6-14/h3,5-8,10-12H,1,4,9,13H2,2H3,(H,24,25,29). The molecule has 0 radical (unpaired) electrons. The van der Waals surface area contributed by atoms with Crippen molar-refractivity contribution in [1.29, 1.82) is 0 Å². The average Bonchev–Trinajstić information content (AvgIpc) is 3.53. The minimum atomic E-state index is -0.134. The lowest BCUT2D eigenvalue weighted by Crippen LogP contribution is -2.14. The summed E-state index contributed by atoms with van der Waals surface area (Å²) in [6.07, 6.45) is 2.80. The van der Waals surface area contributed by atoms with Crippen molar-refractivity contribution in [2.45, 2.75) is 25.0 Å². The van der Waals surface area contributed by atoms with Crippen molar-refractivity contribution in [1.82, 2.24) is 19.7 Å². The highest BCUT2D eigenvalue weighted by atomic mass is 79.9. The van der Waals surface area contributed by atoms with Crippen molar-refractivity contribution in [3.05, 3.63) is 63.1 Å². The number of rotatable bonds is 9. The van der Waals surface area contributed by atoms with Crippen molar-refractivity contribution in [2.24, 2.45) is 0 Å². The van der Waals surface area contributed by atoms with E-state index in [0.29, 0.717) is 16.8 Å². The highest BCUT2D eigenvalue weighted by Gasteiger charge is 2.16. The van der Waals surface area contributed by atoms with E-state index in [4.69, 9.17) is 0 Å². The summed E-state index contributed by atoms with van der Waals surface area (Å²) in [5.74, 6) is 0.875. The molecule has 0 saturated heterocycles. The molecule has 1 aromatic carbocycles. The number of halogens is 1. The molecular formula is C22H20BrN5OS3. The quantitative estimate of drug-likeness (QED) is 0.195. The topological polar surface area (TPSA) is 72.7 Å².